The molecule has 0 heterocycles. The molecule has 0 bridgehead atoms. The maximum Gasteiger partial charge on any atom is 0.252 e. The summed E-state index contributed by atoms with van der Waals surface area (Å²) < 4.78 is 18.7. The van der Waals surface area contributed by atoms with Crippen LogP contribution >= 0.6 is 0 Å². The van der Waals surface area contributed by atoms with Crippen molar-refractivity contribution < 1.29 is 13.9 Å². The third-order valence-electron chi connectivity index (χ3n) is 2.55. The van der Waals surface area contributed by atoms with E-state index in [-0.39, 0.29) is 12.4 Å². The molecular formula is C16H12FNO2. The Kier molecular flexibility index (Phi) is 4.35. The van der Waals surface area contributed by atoms with Gasteiger partial charge in [0.1, 0.15) is 18.2 Å². The number of rotatable bonds is 3. The van der Waals surface area contributed by atoms with Crippen molar-refractivity contribution in [3.63, 3.8) is 0 Å². The van der Waals surface area contributed by atoms with Crippen LogP contribution in [-0.2, 0) is 0 Å². The van der Waals surface area contributed by atoms with E-state index >= 15 is 0 Å². The summed E-state index contributed by atoms with van der Waals surface area (Å²) in [5.74, 6) is 4.78. The molecule has 2 aromatic carbocycles. The van der Waals surface area contributed by atoms with Crippen LogP contribution in [0.5, 0.6) is 5.75 Å². The quantitative estimate of drug-likeness (QED) is 0.870. The molecule has 0 saturated heterocycles. The third-order valence-corrected chi connectivity index (χ3v) is 2.55. The van der Waals surface area contributed by atoms with Crippen LogP contribution in [0.3, 0.4) is 0 Å². The van der Waals surface area contributed by atoms with E-state index in [4.69, 9.17) is 10.5 Å². The minimum absolute atomic E-state index is 0.0403. The first-order valence-electron chi connectivity index (χ1n) is 5.93. The fourth-order valence-corrected chi connectivity index (χ4v) is 1.60. The van der Waals surface area contributed by atoms with Crippen molar-refractivity contribution in [3.8, 4) is 17.6 Å². The zero-order chi connectivity index (χ0) is 14.4. The molecule has 0 spiro atoms. The Morgan fingerprint density at radius 3 is 2.60 bits per heavy atom. The molecule has 0 radical (unpaired) electrons. The average molecular weight is 269 g/mol. The summed E-state index contributed by atoms with van der Waals surface area (Å²) in [5.41, 5.74) is 5.82. The number of nitrogens with two attached hydrogens (primary N) is 1. The van der Waals surface area contributed by atoms with Crippen molar-refractivity contribution in [1.29, 1.82) is 0 Å². The number of ether oxygens (including phenoxy) is 1. The van der Waals surface area contributed by atoms with Crippen LogP contribution in [0.4, 0.5) is 4.39 Å². The number of primary amides is 1. The van der Waals surface area contributed by atoms with Crippen molar-refractivity contribution in [1.82, 2.24) is 0 Å². The minimum atomic E-state index is -0.567. The fourth-order valence-electron chi connectivity index (χ4n) is 1.60. The summed E-state index contributed by atoms with van der Waals surface area (Å²) in [6.07, 6.45) is 0. The van der Waals surface area contributed by atoms with Gasteiger partial charge in [-0.3, -0.25) is 4.79 Å². The second-order valence-corrected chi connectivity index (χ2v) is 3.93. The molecule has 0 aliphatic rings. The van der Waals surface area contributed by atoms with Crippen molar-refractivity contribution in [3.05, 3.63) is 65.5 Å². The van der Waals surface area contributed by atoms with Gasteiger partial charge in [0.05, 0.1) is 11.1 Å². The maximum atomic E-state index is 13.3. The number of halogens is 1. The van der Waals surface area contributed by atoms with Crippen molar-refractivity contribution in [2.24, 2.45) is 5.73 Å². The molecule has 2 rings (SSSR count). The Morgan fingerprint density at radius 2 is 1.85 bits per heavy atom. The lowest BCUT2D eigenvalue weighted by Crippen LogP contribution is -2.13. The number of para-hydroxylation sites is 1. The second-order valence-electron chi connectivity index (χ2n) is 3.93. The van der Waals surface area contributed by atoms with E-state index in [1.165, 1.54) is 6.07 Å². The molecule has 0 aliphatic carbocycles. The molecule has 1 amide bonds. The van der Waals surface area contributed by atoms with E-state index in [0.717, 1.165) is 0 Å². The first-order chi connectivity index (χ1) is 9.68. The second kappa shape index (κ2) is 6.39. The predicted molar refractivity (Wildman–Crippen MR) is 73.7 cm³/mol. The minimum Gasteiger partial charge on any atom is -0.480 e. The number of hydrogen-bond donors (Lipinski definition) is 1. The third kappa shape index (κ3) is 3.36. The van der Waals surface area contributed by atoms with E-state index in [1.54, 1.807) is 42.5 Å². The predicted octanol–water partition coefficient (Wildman–Crippen LogP) is 2.36. The molecule has 20 heavy (non-hydrogen) atoms. The van der Waals surface area contributed by atoms with E-state index in [2.05, 4.69) is 11.8 Å². The highest BCUT2D eigenvalue weighted by Gasteiger charge is 2.07. The van der Waals surface area contributed by atoms with E-state index in [9.17, 15) is 9.18 Å². The highest BCUT2D eigenvalue weighted by Crippen LogP contribution is 2.16. The summed E-state index contributed by atoms with van der Waals surface area (Å²) in [7, 11) is 0. The van der Waals surface area contributed by atoms with Gasteiger partial charge in [-0.2, -0.15) is 0 Å². The van der Waals surface area contributed by atoms with Crippen LogP contribution < -0.4 is 10.5 Å². The Balaban J connectivity index is 2.05. The number of amides is 1. The highest BCUT2D eigenvalue weighted by molar-refractivity contribution is 5.95. The van der Waals surface area contributed by atoms with Gasteiger partial charge in [-0.15, -0.1) is 0 Å². The van der Waals surface area contributed by atoms with Crippen LogP contribution in [0.15, 0.2) is 48.5 Å². The molecule has 2 aromatic rings. The number of carbonyl (C=O) groups excluding carboxylic acids is 1. The largest absolute Gasteiger partial charge is 0.480 e. The van der Waals surface area contributed by atoms with Gasteiger partial charge in [-0.05, 0) is 24.3 Å². The summed E-state index contributed by atoms with van der Waals surface area (Å²) in [6.45, 7) is 0.0403. The molecule has 0 fully saturated rings. The molecule has 0 saturated carbocycles. The normalized spacial score (nSPS) is 9.45. The van der Waals surface area contributed by atoms with Crippen molar-refractivity contribution in [2.75, 3.05) is 6.61 Å². The van der Waals surface area contributed by atoms with Gasteiger partial charge >= 0.3 is 0 Å². The summed E-state index contributed by atoms with van der Waals surface area (Å²) >= 11 is 0. The fraction of sp³-hybridized carbons (Fsp3) is 0.0625. The van der Waals surface area contributed by atoms with Gasteiger partial charge < -0.3 is 10.5 Å². The summed E-state index contributed by atoms with van der Waals surface area (Å²) in [5, 5.41) is 0. The summed E-state index contributed by atoms with van der Waals surface area (Å²) in [4.78, 5) is 11.2. The molecule has 0 aliphatic heterocycles. The van der Waals surface area contributed by atoms with Crippen LogP contribution in [0.1, 0.15) is 15.9 Å². The molecular weight excluding hydrogens is 257 g/mol. The Bertz CT molecular complexity index is 686. The van der Waals surface area contributed by atoms with Crippen LogP contribution in [0, 0.1) is 17.7 Å². The molecule has 4 heteroatoms. The number of carbonyl (C=O) groups is 1. The number of benzene rings is 2. The lowest BCUT2D eigenvalue weighted by Gasteiger charge is -2.05. The SMILES string of the molecule is NC(=O)c1ccccc1OCC#Cc1ccccc1F. The van der Waals surface area contributed by atoms with Gasteiger partial charge in [0.15, 0.2) is 0 Å². The molecule has 2 N–H and O–H groups in total. The lowest BCUT2D eigenvalue weighted by atomic mass is 10.2. The molecule has 3 nitrogen and oxygen atoms in total. The van der Waals surface area contributed by atoms with E-state index in [1.807, 2.05) is 0 Å². The standard InChI is InChI=1S/C16H12FNO2/c17-14-9-3-1-6-12(14)7-5-11-20-15-10-4-2-8-13(15)16(18)19/h1-4,6,8-10H,11H2,(H2,18,19). The van der Waals surface area contributed by atoms with Crippen LogP contribution in [0.2, 0.25) is 0 Å². The van der Waals surface area contributed by atoms with E-state index in [0.29, 0.717) is 16.9 Å². The van der Waals surface area contributed by atoms with Crippen molar-refractivity contribution in [2.45, 2.75) is 0 Å². The zero-order valence-electron chi connectivity index (χ0n) is 10.6. The Morgan fingerprint density at radius 1 is 1.15 bits per heavy atom. The topological polar surface area (TPSA) is 52.3 Å². The monoisotopic (exact) mass is 269 g/mol. The lowest BCUT2D eigenvalue weighted by molar-refractivity contribution is 0.0997. The van der Waals surface area contributed by atoms with Gasteiger partial charge in [0.25, 0.3) is 5.91 Å². The first kappa shape index (κ1) is 13.6. The van der Waals surface area contributed by atoms with Crippen LogP contribution in [0.25, 0.3) is 0 Å². The van der Waals surface area contributed by atoms with Crippen molar-refractivity contribution >= 4 is 5.91 Å². The van der Waals surface area contributed by atoms with Gasteiger partial charge in [0, 0.05) is 0 Å². The molecule has 0 atom stereocenters. The van der Waals surface area contributed by atoms with Gasteiger partial charge in [-0.1, -0.05) is 36.1 Å². The molecule has 0 aromatic heterocycles. The smallest absolute Gasteiger partial charge is 0.252 e. The Labute approximate surface area is 116 Å². The maximum absolute atomic E-state index is 13.3. The van der Waals surface area contributed by atoms with Gasteiger partial charge in [-0.25, -0.2) is 4.39 Å². The number of hydrogen-bond acceptors (Lipinski definition) is 2. The molecule has 0 unspecified atom stereocenters. The summed E-state index contributed by atoms with van der Waals surface area (Å²) in [6, 6.07) is 12.8. The zero-order valence-corrected chi connectivity index (χ0v) is 10.6. The Hall–Kier alpha value is -2.80. The highest BCUT2D eigenvalue weighted by atomic mass is 19.1. The van der Waals surface area contributed by atoms with E-state index < -0.39 is 5.91 Å². The first-order valence-corrected chi connectivity index (χ1v) is 5.93. The van der Waals surface area contributed by atoms with Gasteiger partial charge in [0.2, 0.25) is 0 Å². The van der Waals surface area contributed by atoms with Crippen LogP contribution in [-0.4, -0.2) is 12.5 Å². The molecule has 100 valence electrons. The average Bonchev–Trinajstić information content (AvgIpc) is 2.45.